The predicted octanol–water partition coefficient (Wildman–Crippen LogP) is 1.87. The van der Waals surface area contributed by atoms with Crippen LogP contribution >= 0.6 is 0 Å². The van der Waals surface area contributed by atoms with Crippen LogP contribution < -0.4 is 0 Å². The molecule has 0 aromatic heterocycles. The molecule has 0 bridgehead atoms. The van der Waals surface area contributed by atoms with Crippen LogP contribution in [0, 0.1) is 23.6 Å². The van der Waals surface area contributed by atoms with Gasteiger partial charge in [-0.2, -0.15) is 6.92 Å². The SMILES string of the molecule is C[C-]=C(C)CC[N+](=O)[O-].[CH3-].[W+2]. The fraction of sp³-hybridized carbons (Fsp3) is 0.571. The van der Waals surface area contributed by atoms with Gasteiger partial charge in [0.15, 0.2) is 0 Å². The van der Waals surface area contributed by atoms with Gasteiger partial charge in [0, 0.05) is 11.3 Å². The summed E-state index contributed by atoms with van der Waals surface area (Å²) in [7, 11) is 0. The van der Waals surface area contributed by atoms with Gasteiger partial charge in [-0.3, -0.25) is 15.7 Å². The fourth-order valence-corrected chi connectivity index (χ4v) is 0.384. The van der Waals surface area contributed by atoms with Crippen molar-refractivity contribution in [3.8, 4) is 0 Å². The summed E-state index contributed by atoms with van der Waals surface area (Å²) in [5, 5.41) is 9.78. The monoisotopic (exact) mass is 327 g/mol. The third kappa shape index (κ3) is 12.9. The van der Waals surface area contributed by atoms with E-state index in [9.17, 15) is 10.1 Å². The van der Waals surface area contributed by atoms with E-state index in [0.29, 0.717) is 6.42 Å². The molecule has 0 saturated carbocycles. The zero-order valence-corrected chi connectivity index (χ0v) is 10.0. The predicted molar refractivity (Wildman–Crippen MR) is 41.0 cm³/mol. The van der Waals surface area contributed by atoms with E-state index in [4.69, 9.17) is 0 Å². The van der Waals surface area contributed by atoms with Crippen molar-refractivity contribution in [3.63, 3.8) is 0 Å². The van der Waals surface area contributed by atoms with Crippen molar-refractivity contribution >= 4 is 0 Å². The molecule has 0 radical (unpaired) electrons. The van der Waals surface area contributed by atoms with Crippen LogP contribution in [-0.4, -0.2) is 11.5 Å². The summed E-state index contributed by atoms with van der Waals surface area (Å²) in [5.41, 5.74) is 0.951. The van der Waals surface area contributed by atoms with Gasteiger partial charge in [-0.1, -0.05) is 6.92 Å². The van der Waals surface area contributed by atoms with Crippen LogP contribution in [0.3, 0.4) is 0 Å². The zero-order chi connectivity index (χ0) is 7.28. The topological polar surface area (TPSA) is 43.1 Å². The number of hydrogen-bond donors (Lipinski definition) is 0. The summed E-state index contributed by atoms with van der Waals surface area (Å²) < 4.78 is 0. The Hall–Kier alpha value is -0.172. The summed E-state index contributed by atoms with van der Waals surface area (Å²) in [6.45, 7) is 3.62. The molecule has 3 nitrogen and oxygen atoms in total. The Kier molecular flexibility index (Phi) is 15.2. The van der Waals surface area contributed by atoms with Crippen LogP contribution in [0.2, 0.25) is 0 Å². The number of nitrogens with zero attached hydrogens (tertiary/aromatic N) is 1. The standard InChI is InChI=1S/C6H10NO2.CH3.W/c1-3-6(2)4-5-7(8)9;;/h4-5H2,1-2H3;1H3;/q2*-1;+2. The van der Waals surface area contributed by atoms with Crippen molar-refractivity contribution < 1.29 is 26.0 Å². The van der Waals surface area contributed by atoms with E-state index in [1.807, 2.05) is 6.92 Å². The Labute approximate surface area is 82.3 Å². The van der Waals surface area contributed by atoms with Crippen LogP contribution in [0.1, 0.15) is 20.3 Å². The molecule has 4 heteroatoms. The minimum Gasteiger partial charge on any atom is -0.500 e. The molecular formula is C7H13NO2W. The first kappa shape index (κ1) is 17.1. The van der Waals surface area contributed by atoms with Crippen molar-refractivity contribution in [2.45, 2.75) is 20.3 Å². The zero-order valence-electron chi connectivity index (χ0n) is 7.09. The second-order valence-electron chi connectivity index (χ2n) is 1.84. The smallest absolute Gasteiger partial charge is 0.500 e. The van der Waals surface area contributed by atoms with Crippen LogP contribution in [0.4, 0.5) is 0 Å². The van der Waals surface area contributed by atoms with Crippen LogP contribution in [0.5, 0.6) is 0 Å². The summed E-state index contributed by atoms with van der Waals surface area (Å²) in [6, 6.07) is 0. The Bertz CT molecular complexity index is 134. The maximum atomic E-state index is 9.78. The molecule has 0 rings (SSSR count). The third-order valence-electron chi connectivity index (χ3n) is 1.10. The third-order valence-corrected chi connectivity index (χ3v) is 1.10. The van der Waals surface area contributed by atoms with Crippen molar-refractivity contribution in [1.29, 1.82) is 0 Å². The molecule has 0 saturated heterocycles. The van der Waals surface area contributed by atoms with Gasteiger partial charge < -0.3 is 13.5 Å². The average Bonchev–Trinajstić information content (AvgIpc) is 1.83. The Morgan fingerprint density at radius 1 is 1.64 bits per heavy atom. The molecule has 0 aliphatic rings. The van der Waals surface area contributed by atoms with E-state index in [-0.39, 0.29) is 40.0 Å². The van der Waals surface area contributed by atoms with Crippen molar-refractivity contribution in [3.05, 3.63) is 29.2 Å². The Morgan fingerprint density at radius 3 is 2.36 bits per heavy atom. The van der Waals surface area contributed by atoms with E-state index in [2.05, 4.69) is 6.08 Å². The average molecular weight is 327 g/mol. The van der Waals surface area contributed by atoms with Crippen molar-refractivity contribution in [1.82, 2.24) is 0 Å². The minimum absolute atomic E-state index is 0. The van der Waals surface area contributed by atoms with Gasteiger partial charge in [-0.15, -0.1) is 0 Å². The molecule has 64 valence electrons. The summed E-state index contributed by atoms with van der Waals surface area (Å²) in [5.74, 6) is 0. The van der Waals surface area contributed by atoms with E-state index in [1.54, 1.807) is 6.92 Å². The largest absolute Gasteiger partial charge is 2.00 e. The number of rotatable bonds is 3. The minimum atomic E-state index is -0.319. The maximum absolute atomic E-state index is 9.78. The first-order chi connectivity index (χ1) is 4.16. The van der Waals surface area contributed by atoms with Crippen molar-refractivity contribution in [2.75, 3.05) is 6.54 Å². The van der Waals surface area contributed by atoms with E-state index in [0.717, 1.165) is 5.57 Å². The van der Waals surface area contributed by atoms with Crippen LogP contribution in [0.15, 0.2) is 5.57 Å². The van der Waals surface area contributed by atoms with E-state index < -0.39 is 0 Å². The van der Waals surface area contributed by atoms with Gasteiger partial charge in [0.05, 0.1) is 0 Å². The van der Waals surface area contributed by atoms with Gasteiger partial charge in [-0.25, -0.2) is 0 Å². The molecule has 0 amide bonds. The molecule has 0 aliphatic heterocycles. The summed E-state index contributed by atoms with van der Waals surface area (Å²) >= 11 is 0. The molecule has 11 heavy (non-hydrogen) atoms. The van der Waals surface area contributed by atoms with Gasteiger partial charge in [0.1, 0.15) is 0 Å². The fourth-order valence-electron chi connectivity index (χ4n) is 0.384. The Balaban J connectivity index is -0.000000320. The second kappa shape index (κ2) is 9.83. The molecule has 0 aliphatic carbocycles. The molecular weight excluding hydrogens is 314 g/mol. The molecule has 0 atom stereocenters. The normalized spacial score (nSPS) is 9.45. The first-order valence-corrected chi connectivity index (χ1v) is 2.78. The molecule has 0 aromatic carbocycles. The Morgan fingerprint density at radius 2 is 2.09 bits per heavy atom. The summed E-state index contributed by atoms with van der Waals surface area (Å²) in [4.78, 5) is 9.47. The maximum Gasteiger partial charge on any atom is 2.00 e. The van der Waals surface area contributed by atoms with Gasteiger partial charge >= 0.3 is 21.1 Å². The van der Waals surface area contributed by atoms with Crippen molar-refractivity contribution in [2.24, 2.45) is 0 Å². The molecule has 0 fully saturated rings. The van der Waals surface area contributed by atoms with Gasteiger partial charge in [0.2, 0.25) is 6.54 Å². The number of hydrogen-bond acceptors (Lipinski definition) is 2. The quantitative estimate of drug-likeness (QED) is 0.451. The summed E-state index contributed by atoms with van der Waals surface area (Å²) in [6.07, 6.45) is 3.35. The molecule has 0 unspecified atom stereocenters. The first-order valence-electron chi connectivity index (χ1n) is 2.78. The van der Waals surface area contributed by atoms with Crippen LogP contribution in [0.25, 0.3) is 0 Å². The molecule has 0 N–H and O–H groups in total. The number of allylic oxidation sites excluding steroid dienone is 1. The number of nitro groups is 1. The molecule has 0 heterocycles. The molecule has 0 spiro atoms. The van der Waals surface area contributed by atoms with E-state index in [1.165, 1.54) is 0 Å². The molecule has 0 aromatic rings. The van der Waals surface area contributed by atoms with Gasteiger partial charge in [-0.05, 0) is 0 Å². The van der Waals surface area contributed by atoms with E-state index >= 15 is 0 Å². The second-order valence-corrected chi connectivity index (χ2v) is 1.84. The van der Waals surface area contributed by atoms with Crippen LogP contribution in [-0.2, 0) is 21.1 Å². The van der Waals surface area contributed by atoms with Gasteiger partial charge in [0.25, 0.3) is 0 Å².